The summed E-state index contributed by atoms with van der Waals surface area (Å²) in [7, 11) is -0.165. The lowest BCUT2D eigenvalue weighted by atomic mass is 10.2. The maximum atomic E-state index is 7.35. The van der Waals surface area contributed by atoms with Gasteiger partial charge in [-0.25, -0.2) is 0 Å². The molecule has 0 bridgehead atoms. The highest BCUT2D eigenvalue weighted by Crippen LogP contribution is 2.56. The predicted molar refractivity (Wildman–Crippen MR) is 126 cm³/mol. The molecule has 0 saturated carbocycles. The second-order valence-electron chi connectivity index (χ2n) is 8.37. The minimum absolute atomic E-state index is 0.0663. The smallest absolute Gasteiger partial charge is 0.369 e. The van der Waals surface area contributed by atoms with Crippen molar-refractivity contribution in [3.63, 3.8) is 0 Å². The molecule has 0 N–H and O–H groups in total. The van der Waals surface area contributed by atoms with Crippen molar-refractivity contribution < 1.29 is 22.1 Å². The van der Waals surface area contributed by atoms with Gasteiger partial charge in [-0.05, 0) is 51.4 Å². The molecule has 0 aromatic rings. The van der Waals surface area contributed by atoms with Crippen molar-refractivity contribution in [1.82, 2.24) is 0 Å². The highest BCUT2D eigenvalue weighted by atomic mass is 28.4. The molecular weight excluding hydrogens is 404 g/mol. The van der Waals surface area contributed by atoms with Gasteiger partial charge in [-0.15, -0.1) is 0 Å². The van der Waals surface area contributed by atoms with Crippen LogP contribution in [0.15, 0.2) is 0 Å². The first kappa shape index (κ1) is 28.5. The number of hydrogen-bond acceptors (Lipinski definition) is 5. The molecule has 0 fully saturated rings. The van der Waals surface area contributed by atoms with E-state index in [4.69, 9.17) is 22.1 Å². The van der Waals surface area contributed by atoms with Crippen LogP contribution in [0.3, 0.4) is 0 Å². The van der Waals surface area contributed by atoms with Gasteiger partial charge >= 0.3 is 17.1 Å². The van der Waals surface area contributed by atoms with Gasteiger partial charge in [0, 0.05) is 33.1 Å². The van der Waals surface area contributed by atoms with E-state index in [9.17, 15) is 0 Å². The maximum Gasteiger partial charge on any atom is 0.369 e. The van der Waals surface area contributed by atoms with E-state index in [1.807, 2.05) is 14.2 Å². The molecule has 0 aliphatic heterocycles. The summed E-state index contributed by atoms with van der Waals surface area (Å²) in [6, 6.07) is 0.863. The lowest BCUT2D eigenvalue weighted by Gasteiger charge is -2.56. The molecule has 0 radical (unpaired) electrons. The summed E-state index contributed by atoms with van der Waals surface area (Å²) < 4.78 is 31.9. The van der Waals surface area contributed by atoms with Gasteiger partial charge in [-0.3, -0.25) is 0 Å². The zero-order valence-corrected chi connectivity index (χ0v) is 23.8. The molecule has 170 valence electrons. The first-order valence-corrected chi connectivity index (χ1v) is 18.2. The topological polar surface area (TPSA) is 46.2 Å². The predicted octanol–water partition coefficient (Wildman–Crippen LogP) is 5.92. The van der Waals surface area contributed by atoms with E-state index in [1.165, 1.54) is 0 Å². The molecule has 8 heteroatoms. The van der Waals surface area contributed by atoms with Crippen LogP contribution >= 0.6 is 0 Å². The Bertz CT molecular complexity index is 441. The molecule has 0 amide bonds. The summed E-state index contributed by atoms with van der Waals surface area (Å²) in [4.78, 5) is 0. The normalized spacial score (nSPS) is 16.3. The summed E-state index contributed by atoms with van der Waals surface area (Å²) in [6.07, 6.45) is 4.89. The average Bonchev–Trinajstić information content (AvgIpc) is 2.71. The van der Waals surface area contributed by atoms with Crippen molar-refractivity contribution in [3.05, 3.63) is 0 Å². The molecule has 0 aliphatic carbocycles. The van der Waals surface area contributed by atoms with E-state index >= 15 is 0 Å². The van der Waals surface area contributed by atoms with Crippen LogP contribution in [0.4, 0.5) is 0 Å². The van der Waals surface area contributed by atoms with Gasteiger partial charge in [0.25, 0.3) is 0 Å². The van der Waals surface area contributed by atoms with Crippen molar-refractivity contribution in [1.29, 1.82) is 0 Å². The first-order chi connectivity index (χ1) is 13.0. The third-order valence-electron chi connectivity index (χ3n) is 7.49. The van der Waals surface area contributed by atoms with E-state index in [-0.39, 0.29) is 9.89 Å². The SMILES string of the molecule is CCCC(CC)([Si](C)(C)OC(CC)(CC)[Si](CC)(OC)OC)[Si](C)(OC)OC. The van der Waals surface area contributed by atoms with Crippen molar-refractivity contribution in [3.8, 4) is 0 Å². The standard InChI is InChI=1S/C20H48O5Si3/c1-13-18-20(16-4,27(12,21-6)22-7)26(10,11)25-19(14-2,15-3)28(17-5,23-8)24-9/h13-18H2,1-12H3. The van der Waals surface area contributed by atoms with Crippen molar-refractivity contribution in [2.24, 2.45) is 0 Å². The Morgan fingerprint density at radius 3 is 1.39 bits per heavy atom. The molecule has 0 rings (SSSR count). The molecule has 0 aliphatic rings. The quantitative estimate of drug-likeness (QED) is 0.289. The monoisotopic (exact) mass is 452 g/mol. The molecule has 0 heterocycles. The van der Waals surface area contributed by atoms with E-state index in [1.54, 1.807) is 14.2 Å². The Hall–Kier alpha value is 0.451. The summed E-state index contributed by atoms with van der Waals surface area (Å²) in [6.45, 7) is 18.0. The molecule has 0 aromatic carbocycles. The van der Waals surface area contributed by atoms with Crippen molar-refractivity contribution in [2.45, 2.75) is 102 Å². The highest BCUT2D eigenvalue weighted by molar-refractivity contribution is 6.92. The van der Waals surface area contributed by atoms with Gasteiger partial charge in [-0.2, -0.15) is 0 Å². The van der Waals surface area contributed by atoms with Crippen molar-refractivity contribution >= 4 is 25.4 Å². The van der Waals surface area contributed by atoms with Gasteiger partial charge < -0.3 is 22.1 Å². The Kier molecular flexibility index (Phi) is 11.4. The molecule has 0 aromatic heterocycles. The van der Waals surface area contributed by atoms with Gasteiger partial charge in [0.05, 0.1) is 5.22 Å². The zero-order valence-electron chi connectivity index (χ0n) is 20.8. The summed E-state index contributed by atoms with van der Waals surface area (Å²) in [5, 5.41) is -0.383. The molecule has 5 nitrogen and oxygen atoms in total. The third-order valence-corrected chi connectivity index (χ3v) is 23.0. The zero-order chi connectivity index (χ0) is 22.3. The minimum Gasteiger partial charge on any atom is -0.409 e. The molecule has 28 heavy (non-hydrogen) atoms. The van der Waals surface area contributed by atoms with E-state index in [2.05, 4.69) is 54.3 Å². The Labute approximate surface area is 178 Å². The fourth-order valence-electron chi connectivity index (χ4n) is 5.56. The van der Waals surface area contributed by atoms with Crippen LogP contribution < -0.4 is 0 Å². The highest BCUT2D eigenvalue weighted by Gasteiger charge is 2.66. The van der Waals surface area contributed by atoms with Gasteiger partial charge in [0.15, 0.2) is 8.32 Å². The fourth-order valence-corrected chi connectivity index (χ4v) is 20.8. The van der Waals surface area contributed by atoms with Gasteiger partial charge in [0.2, 0.25) is 0 Å². The van der Waals surface area contributed by atoms with Crippen LogP contribution in [0, 0.1) is 0 Å². The maximum absolute atomic E-state index is 7.35. The lowest BCUT2D eigenvalue weighted by Crippen LogP contribution is -2.70. The summed E-state index contributed by atoms with van der Waals surface area (Å²) >= 11 is 0. The number of rotatable bonds is 15. The van der Waals surface area contributed by atoms with Crippen LogP contribution in [0.1, 0.15) is 66.7 Å². The summed E-state index contributed by atoms with van der Waals surface area (Å²) in [5.41, 5.74) is 0. The second-order valence-corrected chi connectivity index (χ2v) is 20.7. The largest absolute Gasteiger partial charge is 0.409 e. The summed E-state index contributed by atoms with van der Waals surface area (Å²) in [5.74, 6) is 0. The number of hydrogen-bond donors (Lipinski definition) is 0. The lowest BCUT2D eigenvalue weighted by molar-refractivity contribution is 0.0503. The van der Waals surface area contributed by atoms with Gasteiger partial charge in [-0.1, -0.05) is 41.0 Å². The van der Waals surface area contributed by atoms with Crippen molar-refractivity contribution in [2.75, 3.05) is 28.4 Å². The fraction of sp³-hybridized carbons (Fsp3) is 1.00. The third kappa shape index (κ3) is 4.54. The average molecular weight is 453 g/mol. The first-order valence-electron chi connectivity index (χ1n) is 10.9. The van der Waals surface area contributed by atoms with Crippen LogP contribution in [-0.4, -0.2) is 59.1 Å². The Balaban J connectivity index is 6.62. The van der Waals surface area contributed by atoms with E-state index in [0.29, 0.717) is 0 Å². The van der Waals surface area contributed by atoms with Gasteiger partial charge in [0.1, 0.15) is 0 Å². The Morgan fingerprint density at radius 1 is 0.679 bits per heavy atom. The van der Waals surface area contributed by atoms with E-state index < -0.39 is 25.4 Å². The van der Waals surface area contributed by atoms with E-state index in [0.717, 1.165) is 38.1 Å². The van der Waals surface area contributed by atoms with Crippen LogP contribution in [0.2, 0.25) is 30.3 Å². The molecular formula is C20H48O5Si3. The molecule has 0 saturated heterocycles. The van der Waals surface area contributed by atoms with Crippen LogP contribution in [0.25, 0.3) is 0 Å². The molecule has 0 spiro atoms. The minimum atomic E-state index is -2.55. The molecule has 1 unspecified atom stereocenters. The molecule has 1 atom stereocenters. The van der Waals surface area contributed by atoms with Crippen LogP contribution in [0.5, 0.6) is 0 Å². The Morgan fingerprint density at radius 2 is 1.14 bits per heavy atom. The van der Waals surface area contributed by atoms with Crippen LogP contribution in [-0.2, 0) is 22.1 Å². The second kappa shape index (κ2) is 11.2.